The van der Waals surface area contributed by atoms with Crippen molar-refractivity contribution in [3.8, 4) is 0 Å². The number of amides is 1. The molecule has 1 amide bonds. The summed E-state index contributed by atoms with van der Waals surface area (Å²) in [6.07, 6.45) is 6.47. The molecule has 0 spiro atoms. The van der Waals surface area contributed by atoms with Gasteiger partial charge in [0, 0.05) is 25.2 Å². The predicted octanol–water partition coefficient (Wildman–Crippen LogP) is 4.74. The van der Waals surface area contributed by atoms with Gasteiger partial charge in [-0.2, -0.15) is 0 Å². The number of para-hydroxylation sites is 1. The predicted molar refractivity (Wildman–Crippen MR) is 126 cm³/mol. The quantitative estimate of drug-likeness (QED) is 0.614. The molecular weight excluding hydrogens is 405 g/mol. The van der Waals surface area contributed by atoms with Crippen molar-refractivity contribution in [3.63, 3.8) is 0 Å². The molecule has 1 aliphatic rings. The molecule has 0 aromatic heterocycles. The summed E-state index contributed by atoms with van der Waals surface area (Å²) < 4.78 is 0. The van der Waals surface area contributed by atoms with Crippen molar-refractivity contribution in [1.82, 2.24) is 10.2 Å². The van der Waals surface area contributed by atoms with Crippen molar-refractivity contribution in [2.45, 2.75) is 51.6 Å². The second kappa shape index (κ2) is 13.5. The third-order valence-electron chi connectivity index (χ3n) is 5.26. The zero-order valence-corrected chi connectivity index (χ0v) is 18.6. The lowest BCUT2D eigenvalue weighted by molar-refractivity contribution is -0.121. The first-order valence-electron chi connectivity index (χ1n) is 10.1. The Bertz CT molecular complexity index is 746. The fourth-order valence-electron chi connectivity index (χ4n) is 3.69. The van der Waals surface area contributed by atoms with E-state index in [0.29, 0.717) is 19.4 Å². The summed E-state index contributed by atoms with van der Waals surface area (Å²) in [4.78, 5) is 14.7. The smallest absolute Gasteiger partial charge is 0.220 e. The fraction of sp³-hybridized carbons (Fsp3) is 0.435. The van der Waals surface area contributed by atoms with Crippen LogP contribution in [0.25, 0.3) is 0 Å². The van der Waals surface area contributed by atoms with Gasteiger partial charge in [-0.25, -0.2) is 0 Å². The Morgan fingerprint density at radius 3 is 2.34 bits per heavy atom. The number of carbonyl (C=O) groups excluding carboxylic acids is 1. The summed E-state index contributed by atoms with van der Waals surface area (Å²) in [6.45, 7) is 3.99. The summed E-state index contributed by atoms with van der Waals surface area (Å²) in [6, 6.07) is 16.3. The van der Waals surface area contributed by atoms with Crippen LogP contribution in [0.5, 0.6) is 0 Å². The van der Waals surface area contributed by atoms with Gasteiger partial charge in [-0.3, -0.25) is 9.69 Å². The second-order valence-electron chi connectivity index (χ2n) is 7.49. The van der Waals surface area contributed by atoms with E-state index >= 15 is 0 Å². The maximum Gasteiger partial charge on any atom is 0.220 e. The average molecular weight is 438 g/mol. The van der Waals surface area contributed by atoms with Gasteiger partial charge >= 0.3 is 0 Å². The van der Waals surface area contributed by atoms with E-state index in [9.17, 15) is 4.79 Å². The molecule has 3 N–H and O–H groups in total. The number of carbonyl (C=O) groups is 1. The van der Waals surface area contributed by atoms with Crippen LogP contribution in [0.3, 0.4) is 0 Å². The molecule has 1 aliphatic heterocycles. The minimum atomic E-state index is 0. The largest absolute Gasteiger partial charge is 0.399 e. The number of halogens is 2. The molecule has 0 bridgehead atoms. The summed E-state index contributed by atoms with van der Waals surface area (Å²) in [5, 5.41) is 3.04. The Kier molecular flexibility index (Phi) is 11.7. The molecule has 1 saturated heterocycles. The van der Waals surface area contributed by atoms with Crippen LogP contribution in [-0.2, 0) is 24.3 Å². The topological polar surface area (TPSA) is 58.4 Å². The van der Waals surface area contributed by atoms with E-state index in [1.54, 1.807) is 0 Å². The van der Waals surface area contributed by atoms with Crippen LogP contribution in [0.4, 0.5) is 5.69 Å². The Balaban J connectivity index is 0.00000210. The lowest BCUT2D eigenvalue weighted by Gasteiger charge is -2.20. The van der Waals surface area contributed by atoms with Gasteiger partial charge < -0.3 is 11.1 Å². The minimum absolute atomic E-state index is 0. The van der Waals surface area contributed by atoms with Crippen molar-refractivity contribution in [2.75, 3.05) is 18.8 Å². The van der Waals surface area contributed by atoms with Gasteiger partial charge in [-0.05, 0) is 55.1 Å². The molecule has 29 heavy (non-hydrogen) atoms. The van der Waals surface area contributed by atoms with Gasteiger partial charge in [-0.15, -0.1) is 24.8 Å². The van der Waals surface area contributed by atoms with Gasteiger partial charge in [-0.1, -0.05) is 55.3 Å². The number of nitrogens with zero attached hydrogens (tertiary/aromatic N) is 1. The van der Waals surface area contributed by atoms with E-state index in [2.05, 4.69) is 34.5 Å². The number of hydrogen-bond acceptors (Lipinski definition) is 3. The standard InChI is InChI=1S/C23H31N3O.2ClH/c24-22-11-4-3-10-21(22)12-13-23(27)25-17-19-8-7-9-20(16-19)18-26-14-5-1-2-6-15-26;;/h3-4,7-11,16H,1-2,5-6,12-15,17-18,24H2,(H,25,27);2*1H. The second-order valence-corrected chi connectivity index (χ2v) is 7.49. The Morgan fingerprint density at radius 1 is 0.931 bits per heavy atom. The van der Waals surface area contributed by atoms with E-state index in [1.807, 2.05) is 24.3 Å². The van der Waals surface area contributed by atoms with Crippen LogP contribution in [0, 0.1) is 0 Å². The Morgan fingerprint density at radius 2 is 1.62 bits per heavy atom. The highest BCUT2D eigenvalue weighted by Crippen LogP contribution is 2.15. The van der Waals surface area contributed by atoms with E-state index in [1.165, 1.54) is 44.3 Å². The zero-order chi connectivity index (χ0) is 18.9. The van der Waals surface area contributed by atoms with E-state index in [4.69, 9.17) is 5.73 Å². The fourth-order valence-corrected chi connectivity index (χ4v) is 3.69. The molecule has 2 aromatic carbocycles. The minimum Gasteiger partial charge on any atom is -0.399 e. The van der Waals surface area contributed by atoms with E-state index in [-0.39, 0.29) is 30.7 Å². The molecule has 0 aliphatic carbocycles. The molecule has 4 nitrogen and oxygen atoms in total. The van der Waals surface area contributed by atoms with Crippen LogP contribution < -0.4 is 11.1 Å². The van der Waals surface area contributed by atoms with E-state index in [0.717, 1.165) is 23.4 Å². The maximum absolute atomic E-state index is 12.2. The lowest BCUT2D eigenvalue weighted by atomic mass is 10.1. The van der Waals surface area contributed by atoms with Crippen molar-refractivity contribution in [1.29, 1.82) is 0 Å². The monoisotopic (exact) mass is 437 g/mol. The number of aryl methyl sites for hydroxylation is 1. The SMILES string of the molecule is Cl.Cl.Nc1ccccc1CCC(=O)NCc1cccc(CN2CCCCCC2)c1. The third-order valence-corrected chi connectivity index (χ3v) is 5.26. The summed E-state index contributed by atoms with van der Waals surface area (Å²) in [7, 11) is 0. The molecule has 6 heteroatoms. The molecule has 160 valence electrons. The first-order valence-corrected chi connectivity index (χ1v) is 10.1. The highest BCUT2D eigenvalue weighted by atomic mass is 35.5. The number of nitrogens with one attached hydrogen (secondary N) is 1. The van der Waals surface area contributed by atoms with Crippen LogP contribution in [0.15, 0.2) is 48.5 Å². The van der Waals surface area contributed by atoms with Crippen molar-refractivity contribution < 1.29 is 4.79 Å². The Hall–Kier alpha value is -1.75. The summed E-state index contributed by atoms with van der Waals surface area (Å²) >= 11 is 0. The van der Waals surface area contributed by atoms with Crippen molar-refractivity contribution >= 4 is 36.4 Å². The number of nitrogens with two attached hydrogens (primary N) is 1. The van der Waals surface area contributed by atoms with Gasteiger partial charge in [0.05, 0.1) is 0 Å². The Labute approximate surface area is 187 Å². The van der Waals surface area contributed by atoms with Gasteiger partial charge in [0.25, 0.3) is 0 Å². The molecule has 1 heterocycles. The zero-order valence-electron chi connectivity index (χ0n) is 16.9. The molecule has 0 radical (unpaired) electrons. The van der Waals surface area contributed by atoms with Gasteiger partial charge in [0.2, 0.25) is 5.91 Å². The number of nitrogen functional groups attached to an aromatic ring is 1. The van der Waals surface area contributed by atoms with Gasteiger partial charge in [0.1, 0.15) is 0 Å². The van der Waals surface area contributed by atoms with Crippen molar-refractivity contribution in [2.24, 2.45) is 0 Å². The summed E-state index contributed by atoms with van der Waals surface area (Å²) in [5.74, 6) is 0.0659. The van der Waals surface area contributed by atoms with Crippen LogP contribution >= 0.6 is 24.8 Å². The number of hydrogen-bond donors (Lipinski definition) is 2. The molecule has 1 fully saturated rings. The van der Waals surface area contributed by atoms with Crippen LogP contribution in [0.2, 0.25) is 0 Å². The maximum atomic E-state index is 12.2. The summed E-state index contributed by atoms with van der Waals surface area (Å²) in [5.41, 5.74) is 10.2. The first kappa shape index (κ1) is 25.3. The van der Waals surface area contributed by atoms with E-state index < -0.39 is 0 Å². The number of anilines is 1. The molecule has 3 rings (SSSR count). The molecular formula is C23H33Cl2N3O. The number of likely N-dealkylation sites (tertiary alicyclic amines) is 1. The average Bonchev–Trinajstić information content (AvgIpc) is 2.95. The highest BCUT2D eigenvalue weighted by Gasteiger charge is 2.10. The first-order chi connectivity index (χ1) is 13.2. The third kappa shape index (κ3) is 8.65. The normalized spacial score (nSPS) is 14.2. The molecule has 0 atom stereocenters. The molecule has 0 unspecified atom stereocenters. The van der Waals surface area contributed by atoms with Crippen LogP contribution in [-0.4, -0.2) is 23.9 Å². The molecule has 2 aromatic rings. The van der Waals surface area contributed by atoms with Crippen LogP contribution in [0.1, 0.15) is 48.8 Å². The number of rotatable bonds is 7. The van der Waals surface area contributed by atoms with Crippen molar-refractivity contribution in [3.05, 3.63) is 65.2 Å². The highest BCUT2D eigenvalue weighted by molar-refractivity contribution is 5.85. The lowest BCUT2D eigenvalue weighted by Crippen LogP contribution is -2.25. The van der Waals surface area contributed by atoms with Gasteiger partial charge in [0.15, 0.2) is 0 Å². The number of benzene rings is 2. The molecule has 0 saturated carbocycles.